The number of halogens is 1. The Morgan fingerprint density at radius 3 is 2.45 bits per heavy atom. The van der Waals surface area contributed by atoms with Crippen LogP contribution in [0.1, 0.15) is 15.9 Å². The third kappa shape index (κ3) is 3.39. The van der Waals surface area contributed by atoms with Gasteiger partial charge in [-0.3, -0.25) is 4.79 Å². The Bertz CT molecular complexity index is 596. The van der Waals surface area contributed by atoms with Gasteiger partial charge in [-0.15, -0.1) is 0 Å². The fourth-order valence-electron chi connectivity index (χ4n) is 2.03. The SMILES string of the molecule is CNc1ccccc1C(=O)N(C)Cc1ccc(Br)cc1. The Kier molecular flexibility index (Phi) is 4.79. The summed E-state index contributed by atoms with van der Waals surface area (Å²) in [5.41, 5.74) is 2.64. The molecule has 0 saturated carbocycles. The minimum absolute atomic E-state index is 0.0119. The summed E-state index contributed by atoms with van der Waals surface area (Å²) in [6.07, 6.45) is 0. The second kappa shape index (κ2) is 6.57. The zero-order chi connectivity index (χ0) is 14.5. The molecule has 0 aliphatic rings. The van der Waals surface area contributed by atoms with Crippen molar-refractivity contribution in [2.75, 3.05) is 19.4 Å². The van der Waals surface area contributed by atoms with Crippen LogP contribution in [-0.2, 0) is 6.54 Å². The van der Waals surface area contributed by atoms with Gasteiger partial charge in [0.05, 0.1) is 5.56 Å². The molecule has 20 heavy (non-hydrogen) atoms. The maximum Gasteiger partial charge on any atom is 0.255 e. The van der Waals surface area contributed by atoms with Crippen molar-refractivity contribution >= 4 is 27.5 Å². The first-order valence-corrected chi connectivity index (χ1v) is 7.18. The second-order valence-electron chi connectivity index (χ2n) is 4.58. The molecule has 0 radical (unpaired) electrons. The zero-order valence-electron chi connectivity index (χ0n) is 11.6. The van der Waals surface area contributed by atoms with Crippen LogP contribution in [0, 0.1) is 0 Å². The van der Waals surface area contributed by atoms with E-state index < -0.39 is 0 Å². The summed E-state index contributed by atoms with van der Waals surface area (Å²) in [4.78, 5) is 14.2. The quantitative estimate of drug-likeness (QED) is 0.924. The van der Waals surface area contributed by atoms with Gasteiger partial charge in [-0.05, 0) is 29.8 Å². The molecule has 2 aromatic carbocycles. The minimum atomic E-state index is 0.0119. The van der Waals surface area contributed by atoms with Gasteiger partial charge < -0.3 is 10.2 Å². The lowest BCUT2D eigenvalue weighted by Crippen LogP contribution is -2.26. The number of benzene rings is 2. The Hall–Kier alpha value is -1.81. The molecule has 2 aromatic rings. The highest BCUT2D eigenvalue weighted by Crippen LogP contribution is 2.18. The molecule has 1 N–H and O–H groups in total. The van der Waals surface area contributed by atoms with Crippen molar-refractivity contribution in [3.63, 3.8) is 0 Å². The van der Waals surface area contributed by atoms with Crippen molar-refractivity contribution in [3.05, 3.63) is 64.1 Å². The molecular formula is C16H17BrN2O. The molecule has 0 heterocycles. The molecular weight excluding hydrogens is 316 g/mol. The number of hydrogen-bond donors (Lipinski definition) is 1. The maximum absolute atomic E-state index is 12.5. The molecule has 4 heteroatoms. The van der Waals surface area contributed by atoms with Crippen molar-refractivity contribution in [3.8, 4) is 0 Å². The number of nitrogens with zero attached hydrogens (tertiary/aromatic N) is 1. The van der Waals surface area contributed by atoms with E-state index in [4.69, 9.17) is 0 Å². The van der Waals surface area contributed by atoms with Gasteiger partial charge >= 0.3 is 0 Å². The topological polar surface area (TPSA) is 32.3 Å². The molecule has 104 valence electrons. The average Bonchev–Trinajstić information content (AvgIpc) is 2.48. The number of anilines is 1. The van der Waals surface area contributed by atoms with E-state index in [1.165, 1.54) is 0 Å². The predicted octanol–water partition coefficient (Wildman–Crippen LogP) is 3.76. The van der Waals surface area contributed by atoms with E-state index in [0.29, 0.717) is 12.1 Å². The van der Waals surface area contributed by atoms with Crippen molar-refractivity contribution in [2.24, 2.45) is 0 Å². The van der Waals surface area contributed by atoms with Crippen molar-refractivity contribution in [1.82, 2.24) is 4.90 Å². The van der Waals surface area contributed by atoms with E-state index in [2.05, 4.69) is 21.2 Å². The van der Waals surface area contributed by atoms with E-state index in [9.17, 15) is 4.79 Å². The zero-order valence-corrected chi connectivity index (χ0v) is 13.1. The molecule has 3 nitrogen and oxygen atoms in total. The van der Waals surface area contributed by atoms with Gasteiger partial charge in [0.15, 0.2) is 0 Å². The van der Waals surface area contributed by atoms with Crippen LogP contribution in [0.25, 0.3) is 0 Å². The molecule has 0 aliphatic carbocycles. The number of hydrogen-bond acceptors (Lipinski definition) is 2. The highest BCUT2D eigenvalue weighted by atomic mass is 79.9. The molecule has 0 saturated heterocycles. The van der Waals surface area contributed by atoms with E-state index in [0.717, 1.165) is 15.7 Å². The maximum atomic E-state index is 12.5. The van der Waals surface area contributed by atoms with Crippen LogP contribution in [0.2, 0.25) is 0 Å². The molecule has 0 unspecified atom stereocenters. The summed E-state index contributed by atoms with van der Waals surface area (Å²) >= 11 is 3.41. The Morgan fingerprint density at radius 1 is 1.15 bits per heavy atom. The van der Waals surface area contributed by atoms with Gasteiger partial charge in [-0.25, -0.2) is 0 Å². The normalized spacial score (nSPS) is 10.2. The Balaban J connectivity index is 2.14. The number of carbonyl (C=O) groups excluding carboxylic acids is 1. The lowest BCUT2D eigenvalue weighted by atomic mass is 10.1. The Labute approximate surface area is 127 Å². The van der Waals surface area contributed by atoms with Gasteiger partial charge in [-0.1, -0.05) is 40.2 Å². The van der Waals surface area contributed by atoms with Crippen LogP contribution in [0.4, 0.5) is 5.69 Å². The van der Waals surface area contributed by atoms with E-state index in [-0.39, 0.29) is 5.91 Å². The highest BCUT2D eigenvalue weighted by Gasteiger charge is 2.15. The minimum Gasteiger partial charge on any atom is -0.387 e. The van der Waals surface area contributed by atoms with E-state index in [1.54, 1.807) is 4.90 Å². The first-order chi connectivity index (χ1) is 9.61. The molecule has 0 fully saturated rings. The highest BCUT2D eigenvalue weighted by molar-refractivity contribution is 9.10. The fourth-order valence-corrected chi connectivity index (χ4v) is 2.29. The van der Waals surface area contributed by atoms with Crippen LogP contribution in [0.3, 0.4) is 0 Å². The summed E-state index contributed by atoms with van der Waals surface area (Å²) in [5.74, 6) is 0.0119. The van der Waals surface area contributed by atoms with Gasteiger partial charge in [0.1, 0.15) is 0 Å². The van der Waals surface area contributed by atoms with Crippen LogP contribution in [0.5, 0.6) is 0 Å². The second-order valence-corrected chi connectivity index (χ2v) is 5.50. The smallest absolute Gasteiger partial charge is 0.255 e. The lowest BCUT2D eigenvalue weighted by Gasteiger charge is -2.19. The van der Waals surface area contributed by atoms with E-state index in [1.807, 2.05) is 62.6 Å². The molecule has 2 rings (SSSR count). The molecule has 0 aromatic heterocycles. The molecule has 1 amide bonds. The van der Waals surface area contributed by atoms with Gasteiger partial charge in [0.2, 0.25) is 0 Å². The summed E-state index contributed by atoms with van der Waals surface area (Å²) in [6.45, 7) is 0.587. The van der Waals surface area contributed by atoms with Gasteiger partial charge in [0, 0.05) is 30.8 Å². The van der Waals surface area contributed by atoms with E-state index >= 15 is 0 Å². The third-order valence-electron chi connectivity index (χ3n) is 3.11. The predicted molar refractivity (Wildman–Crippen MR) is 85.9 cm³/mol. The van der Waals surface area contributed by atoms with Crippen molar-refractivity contribution < 1.29 is 4.79 Å². The summed E-state index contributed by atoms with van der Waals surface area (Å²) < 4.78 is 1.04. The van der Waals surface area contributed by atoms with Crippen molar-refractivity contribution in [2.45, 2.75) is 6.54 Å². The molecule has 0 atom stereocenters. The fraction of sp³-hybridized carbons (Fsp3) is 0.188. The molecule has 0 aliphatic heterocycles. The average molecular weight is 333 g/mol. The van der Waals surface area contributed by atoms with Crippen LogP contribution < -0.4 is 5.32 Å². The van der Waals surface area contributed by atoms with Crippen molar-refractivity contribution in [1.29, 1.82) is 0 Å². The molecule has 0 spiro atoms. The third-order valence-corrected chi connectivity index (χ3v) is 3.64. The lowest BCUT2D eigenvalue weighted by molar-refractivity contribution is 0.0786. The number of nitrogens with one attached hydrogen (secondary N) is 1. The monoisotopic (exact) mass is 332 g/mol. The van der Waals surface area contributed by atoms with Crippen LogP contribution in [0.15, 0.2) is 53.0 Å². The number of para-hydroxylation sites is 1. The van der Waals surface area contributed by atoms with Crippen LogP contribution in [-0.4, -0.2) is 24.9 Å². The first-order valence-electron chi connectivity index (χ1n) is 6.38. The largest absolute Gasteiger partial charge is 0.387 e. The first kappa shape index (κ1) is 14.6. The Morgan fingerprint density at radius 2 is 1.80 bits per heavy atom. The standard InChI is InChI=1S/C16H17BrN2O/c1-18-15-6-4-3-5-14(15)16(20)19(2)11-12-7-9-13(17)10-8-12/h3-10,18H,11H2,1-2H3. The summed E-state index contributed by atoms with van der Waals surface area (Å²) in [6, 6.07) is 15.5. The van der Waals surface area contributed by atoms with Crippen LogP contribution >= 0.6 is 15.9 Å². The number of carbonyl (C=O) groups is 1. The number of amides is 1. The number of rotatable bonds is 4. The summed E-state index contributed by atoms with van der Waals surface area (Å²) in [7, 11) is 3.64. The van der Waals surface area contributed by atoms with Gasteiger partial charge in [0.25, 0.3) is 5.91 Å². The van der Waals surface area contributed by atoms with Gasteiger partial charge in [-0.2, -0.15) is 0 Å². The molecule has 0 bridgehead atoms. The summed E-state index contributed by atoms with van der Waals surface area (Å²) in [5, 5.41) is 3.05.